The lowest BCUT2D eigenvalue weighted by Gasteiger charge is -2.24. The average molecular weight is 644 g/mol. The number of amides is 1. The Labute approximate surface area is 280 Å². The molecule has 3 atom stereocenters. The number of pyridine rings is 1. The smallest absolute Gasteiger partial charge is 0.410 e. The van der Waals surface area contributed by atoms with Crippen molar-refractivity contribution >= 4 is 23.0 Å². The van der Waals surface area contributed by atoms with E-state index in [1.54, 1.807) is 12.0 Å². The molecule has 1 unspecified atom stereocenters. The molecule has 9 heteroatoms. The molecule has 2 heterocycles. The highest BCUT2D eigenvalue weighted by Crippen LogP contribution is 2.33. The Hall–Kier alpha value is -5.15. The summed E-state index contributed by atoms with van der Waals surface area (Å²) >= 11 is 0. The van der Waals surface area contributed by atoms with Crippen molar-refractivity contribution in [3.05, 3.63) is 67.4 Å². The number of likely N-dealkylation sites (tertiary alicyclic amines) is 1. The standard InChI is InChI=1S/C25H28N2O4.C9H17NO2.2C2H2/c1-25(2,3)31-24(28)27-13-12-19(16-27)30-23-15-21(17-8-6-5-7-9-17)26-22-14-18(29-4)10-11-20(22)23;1-5-10-8(9(11)12)7(4)6(2)3;2*1-2/h5-11,14-15,19H,12-13,16H2,1-4H3;5-8,10H,1H2,2-4H3,(H,11,12);2*1-2H/t19-;7-,8?;;/m10../s1. The van der Waals surface area contributed by atoms with E-state index in [-0.39, 0.29) is 18.1 Å². The molecule has 252 valence electrons. The quantitative estimate of drug-likeness (QED) is 0.235. The van der Waals surface area contributed by atoms with Gasteiger partial charge in [0, 0.05) is 36.0 Å². The van der Waals surface area contributed by atoms with Crippen molar-refractivity contribution in [2.45, 2.75) is 65.7 Å². The second kappa shape index (κ2) is 19.4. The van der Waals surface area contributed by atoms with Crippen molar-refractivity contribution < 1.29 is 28.9 Å². The second-order valence-corrected chi connectivity index (χ2v) is 12.0. The van der Waals surface area contributed by atoms with Gasteiger partial charge in [-0.3, -0.25) is 0 Å². The number of nitrogens with zero attached hydrogens (tertiary/aromatic N) is 2. The van der Waals surface area contributed by atoms with E-state index in [1.807, 2.05) is 96.1 Å². The largest absolute Gasteiger partial charge is 0.497 e. The lowest BCUT2D eigenvalue weighted by atomic mass is 9.90. The van der Waals surface area contributed by atoms with E-state index in [1.165, 1.54) is 6.20 Å². The fourth-order valence-corrected chi connectivity index (χ4v) is 4.61. The van der Waals surface area contributed by atoms with Crippen LogP contribution in [0, 0.1) is 37.5 Å². The first kappa shape index (κ1) is 39.9. The maximum atomic E-state index is 12.4. The minimum Gasteiger partial charge on any atom is -0.497 e. The molecule has 3 aromatic rings. The van der Waals surface area contributed by atoms with Crippen LogP contribution in [0.2, 0.25) is 0 Å². The number of hydrogen-bond donors (Lipinski definition) is 2. The summed E-state index contributed by atoms with van der Waals surface area (Å²) in [4.78, 5) is 29.7. The molecular weight excluding hydrogens is 594 g/mol. The van der Waals surface area contributed by atoms with Gasteiger partial charge in [-0.05, 0) is 50.9 Å². The highest BCUT2D eigenvalue weighted by molar-refractivity contribution is 5.89. The van der Waals surface area contributed by atoms with Gasteiger partial charge in [-0.15, -0.1) is 25.7 Å². The number of carbonyl (C=O) groups is 2. The minimum absolute atomic E-state index is 0.0977. The number of aromatic nitrogens is 1. The van der Waals surface area contributed by atoms with Crippen molar-refractivity contribution in [2.75, 3.05) is 20.2 Å². The predicted octanol–water partition coefficient (Wildman–Crippen LogP) is 7.26. The highest BCUT2D eigenvalue weighted by atomic mass is 16.6. The third kappa shape index (κ3) is 12.3. The summed E-state index contributed by atoms with van der Waals surface area (Å²) in [6.07, 6.45) is 17.8. The number of carbonyl (C=O) groups excluding carboxylic acids is 1. The first-order chi connectivity index (χ1) is 22.3. The van der Waals surface area contributed by atoms with Crippen molar-refractivity contribution in [2.24, 2.45) is 11.8 Å². The molecule has 0 spiro atoms. The first-order valence-corrected chi connectivity index (χ1v) is 15.3. The lowest BCUT2D eigenvalue weighted by Crippen LogP contribution is -2.40. The molecule has 1 saturated heterocycles. The molecule has 1 aromatic heterocycles. The van der Waals surface area contributed by atoms with E-state index in [2.05, 4.69) is 37.6 Å². The Morgan fingerprint density at radius 1 is 1.06 bits per heavy atom. The number of fused-ring (bicyclic) bond motifs is 1. The highest BCUT2D eigenvalue weighted by Gasteiger charge is 2.31. The Morgan fingerprint density at radius 2 is 1.70 bits per heavy atom. The third-order valence-electron chi connectivity index (χ3n) is 7.28. The van der Waals surface area contributed by atoms with Crippen molar-refractivity contribution in [1.29, 1.82) is 0 Å². The predicted molar refractivity (Wildman–Crippen MR) is 189 cm³/mol. The molecule has 1 aliphatic heterocycles. The van der Waals surface area contributed by atoms with Crippen molar-refractivity contribution in [3.63, 3.8) is 0 Å². The lowest BCUT2D eigenvalue weighted by molar-refractivity contribution is -0.140. The maximum Gasteiger partial charge on any atom is 0.410 e. The third-order valence-corrected chi connectivity index (χ3v) is 7.28. The fourth-order valence-electron chi connectivity index (χ4n) is 4.61. The number of benzene rings is 2. The van der Waals surface area contributed by atoms with E-state index in [4.69, 9.17) is 24.3 Å². The molecule has 47 heavy (non-hydrogen) atoms. The number of nitrogens with one attached hydrogen (secondary N) is 1. The molecule has 0 radical (unpaired) electrons. The van der Waals surface area contributed by atoms with Gasteiger partial charge in [0.1, 0.15) is 29.2 Å². The van der Waals surface area contributed by atoms with Crippen LogP contribution in [0.5, 0.6) is 11.5 Å². The maximum absolute atomic E-state index is 12.4. The molecule has 0 aliphatic carbocycles. The summed E-state index contributed by atoms with van der Waals surface area (Å²) in [6.45, 7) is 16.1. The van der Waals surface area contributed by atoms with Crippen LogP contribution in [0.25, 0.3) is 22.2 Å². The second-order valence-electron chi connectivity index (χ2n) is 12.0. The number of methoxy groups -OCH3 is 1. The Balaban J connectivity index is 0.000000584. The van der Waals surface area contributed by atoms with Gasteiger partial charge >= 0.3 is 12.1 Å². The molecular formula is C38H49N3O6. The van der Waals surface area contributed by atoms with Crippen LogP contribution >= 0.6 is 0 Å². The number of hydrogen-bond acceptors (Lipinski definition) is 7. The van der Waals surface area contributed by atoms with Gasteiger partial charge in [0.25, 0.3) is 0 Å². The van der Waals surface area contributed by atoms with Gasteiger partial charge in [0.15, 0.2) is 0 Å². The van der Waals surface area contributed by atoms with Gasteiger partial charge in [0.05, 0.1) is 24.9 Å². The van der Waals surface area contributed by atoms with Crippen LogP contribution in [0.3, 0.4) is 0 Å². The zero-order valence-corrected chi connectivity index (χ0v) is 28.6. The zero-order valence-electron chi connectivity index (χ0n) is 28.6. The number of ether oxygens (including phenoxy) is 3. The van der Waals surface area contributed by atoms with Gasteiger partial charge in [-0.1, -0.05) is 57.7 Å². The van der Waals surface area contributed by atoms with Crippen LogP contribution in [-0.2, 0) is 9.53 Å². The number of terminal acetylenes is 2. The van der Waals surface area contributed by atoms with Crippen LogP contribution in [-0.4, -0.2) is 65.0 Å². The minimum atomic E-state index is -0.823. The number of aliphatic carboxylic acids is 1. The summed E-state index contributed by atoms with van der Waals surface area (Å²) in [7, 11) is 1.64. The molecule has 1 aliphatic rings. The van der Waals surface area contributed by atoms with Crippen LogP contribution < -0.4 is 14.8 Å². The molecule has 2 aromatic carbocycles. The molecule has 0 bridgehead atoms. The van der Waals surface area contributed by atoms with Crippen LogP contribution in [0.15, 0.2) is 67.4 Å². The molecule has 9 nitrogen and oxygen atoms in total. The summed E-state index contributed by atoms with van der Waals surface area (Å²) in [5.74, 6) is 1.12. The summed E-state index contributed by atoms with van der Waals surface area (Å²) in [5.41, 5.74) is 2.14. The molecule has 0 saturated carbocycles. The summed E-state index contributed by atoms with van der Waals surface area (Å²) in [6, 6.07) is 17.2. The van der Waals surface area contributed by atoms with Crippen LogP contribution in [0.1, 0.15) is 48.0 Å². The number of carboxylic acids is 1. The summed E-state index contributed by atoms with van der Waals surface area (Å²) in [5, 5.41) is 12.5. The van der Waals surface area contributed by atoms with Crippen molar-refractivity contribution in [3.8, 4) is 48.4 Å². The topological polar surface area (TPSA) is 110 Å². The molecule has 1 fully saturated rings. The average Bonchev–Trinajstić information content (AvgIpc) is 3.53. The van der Waals surface area contributed by atoms with Gasteiger partial charge in [-0.25, -0.2) is 14.6 Å². The van der Waals surface area contributed by atoms with Gasteiger partial charge in [0.2, 0.25) is 0 Å². The fraction of sp³-hybridized carbons (Fsp3) is 0.395. The van der Waals surface area contributed by atoms with Gasteiger partial charge in [-0.2, -0.15) is 0 Å². The van der Waals surface area contributed by atoms with Gasteiger partial charge < -0.3 is 29.5 Å². The Bertz CT molecular complexity index is 1470. The monoisotopic (exact) mass is 643 g/mol. The molecule has 2 N–H and O–H groups in total. The summed E-state index contributed by atoms with van der Waals surface area (Å²) < 4.78 is 17.3. The van der Waals surface area contributed by atoms with Crippen molar-refractivity contribution in [1.82, 2.24) is 15.2 Å². The van der Waals surface area contributed by atoms with E-state index in [0.717, 1.165) is 40.1 Å². The Kier molecular flexibility index (Phi) is 16.4. The van der Waals surface area contributed by atoms with Crippen LogP contribution in [0.4, 0.5) is 4.79 Å². The van der Waals surface area contributed by atoms with E-state index < -0.39 is 17.6 Å². The molecule has 4 rings (SSSR count). The SMILES string of the molecule is C#C.C#C.C=CNC(C(=O)O)[C@@H](C)C(C)C.COc1ccc2c(O[C@@H]3CCN(C(=O)OC(C)(C)C)C3)cc(-c3ccccc3)nc2c1. The van der Waals surface area contributed by atoms with E-state index >= 15 is 0 Å². The first-order valence-electron chi connectivity index (χ1n) is 15.3. The number of carboxylic acid groups (broad SMARTS) is 1. The van der Waals surface area contributed by atoms with E-state index in [9.17, 15) is 9.59 Å². The number of rotatable bonds is 9. The zero-order chi connectivity index (χ0) is 35.7. The van der Waals surface area contributed by atoms with E-state index in [0.29, 0.717) is 19.0 Å². The molecule has 1 amide bonds. The normalized spacial score (nSPS) is 14.8. The Morgan fingerprint density at radius 3 is 2.23 bits per heavy atom.